The van der Waals surface area contributed by atoms with Gasteiger partial charge in [-0.3, -0.25) is 4.79 Å². The van der Waals surface area contributed by atoms with Gasteiger partial charge in [0, 0.05) is 17.5 Å². The second-order valence-electron chi connectivity index (χ2n) is 6.42. The molecule has 0 fully saturated rings. The topological polar surface area (TPSA) is 55.1 Å². The van der Waals surface area contributed by atoms with Gasteiger partial charge in [-0.1, -0.05) is 25.1 Å². The maximum Gasteiger partial charge on any atom is 0.248 e. The number of carbonyl (C=O) groups excluding carboxylic acids is 1. The molecule has 0 saturated carbocycles. The van der Waals surface area contributed by atoms with E-state index in [0.717, 1.165) is 36.9 Å². The number of nitrogens with two attached hydrogens (primary N) is 1. The molecule has 3 nitrogen and oxygen atoms in total. The second kappa shape index (κ2) is 8.45. The first-order chi connectivity index (χ1) is 11.6. The van der Waals surface area contributed by atoms with Crippen LogP contribution < -0.4 is 11.1 Å². The highest BCUT2D eigenvalue weighted by Gasteiger charge is 2.29. The van der Waals surface area contributed by atoms with Crippen molar-refractivity contribution in [1.82, 2.24) is 5.32 Å². The molecule has 3 N–H and O–H groups in total. The van der Waals surface area contributed by atoms with E-state index in [1.165, 1.54) is 11.6 Å². The summed E-state index contributed by atoms with van der Waals surface area (Å²) >= 11 is 0. The fraction of sp³-hybridized carbons (Fsp3) is 0.350. The molecule has 2 aromatic rings. The van der Waals surface area contributed by atoms with Crippen molar-refractivity contribution < 1.29 is 9.18 Å². The normalized spacial score (nSPS) is 19.0. The summed E-state index contributed by atoms with van der Waals surface area (Å²) in [6.45, 7) is 2.98. The smallest absolute Gasteiger partial charge is 0.248 e. The third kappa shape index (κ3) is 4.39. The van der Waals surface area contributed by atoms with Crippen molar-refractivity contribution >= 4 is 18.3 Å². The fourth-order valence-electron chi connectivity index (χ4n) is 3.73. The molecule has 0 heterocycles. The van der Waals surface area contributed by atoms with Gasteiger partial charge in [-0.05, 0) is 66.8 Å². The van der Waals surface area contributed by atoms with Crippen LogP contribution in [0.1, 0.15) is 46.3 Å². The zero-order chi connectivity index (χ0) is 17.1. The summed E-state index contributed by atoms with van der Waals surface area (Å²) in [7, 11) is 0. The largest absolute Gasteiger partial charge is 0.366 e. The monoisotopic (exact) mass is 362 g/mol. The van der Waals surface area contributed by atoms with Crippen LogP contribution in [0.4, 0.5) is 4.39 Å². The Morgan fingerprint density at radius 1 is 1.28 bits per heavy atom. The molecule has 2 unspecified atom stereocenters. The first-order valence-electron chi connectivity index (χ1n) is 8.49. The maximum absolute atomic E-state index is 13.6. The lowest BCUT2D eigenvalue weighted by Crippen LogP contribution is -2.39. The number of nitrogens with one attached hydrogen (secondary N) is 1. The van der Waals surface area contributed by atoms with E-state index in [0.29, 0.717) is 11.6 Å². The van der Waals surface area contributed by atoms with Crippen LogP contribution in [0.15, 0.2) is 42.5 Å². The van der Waals surface area contributed by atoms with Crippen LogP contribution in [0.5, 0.6) is 0 Å². The summed E-state index contributed by atoms with van der Waals surface area (Å²) in [5.74, 6) is -0.419. The minimum absolute atomic E-state index is 0. The lowest BCUT2D eigenvalue weighted by molar-refractivity contribution is 0.1000. The third-order valence-corrected chi connectivity index (χ3v) is 4.85. The fourth-order valence-corrected chi connectivity index (χ4v) is 3.73. The third-order valence-electron chi connectivity index (χ3n) is 4.85. The SMILES string of the molecule is CCNC1CCc2ccc(C(N)=O)cc2C1Cc1cccc(F)c1.Cl. The summed E-state index contributed by atoms with van der Waals surface area (Å²) < 4.78 is 13.6. The van der Waals surface area contributed by atoms with Gasteiger partial charge in [0.1, 0.15) is 5.82 Å². The number of amides is 1. The Hall–Kier alpha value is -1.91. The molecule has 3 rings (SSSR count). The number of hydrogen-bond acceptors (Lipinski definition) is 2. The van der Waals surface area contributed by atoms with Crippen molar-refractivity contribution in [3.63, 3.8) is 0 Å². The number of primary amides is 1. The van der Waals surface area contributed by atoms with Gasteiger partial charge in [-0.15, -0.1) is 12.4 Å². The van der Waals surface area contributed by atoms with Gasteiger partial charge < -0.3 is 11.1 Å². The van der Waals surface area contributed by atoms with E-state index >= 15 is 0 Å². The molecule has 0 aliphatic heterocycles. The van der Waals surface area contributed by atoms with Crippen LogP contribution in [0.3, 0.4) is 0 Å². The van der Waals surface area contributed by atoms with Gasteiger partial charge in [0.2, 0.25) is 5.91 Å². The number of fused-ring (bicyclic) bond motifs is 1. The minimum Gasteiger partial charge on any atom is -0.366 e. The Labute approximate surface area is 154 Å². The zero-order valence-electron chi connectivity index (χ0n) is 14.3. The van der Waals surface area contributed by atoms with Gasteiger partial charge in [-0.2, -0.15) is 0 Å². The molecule has 0 saturated heterocycles. The van der Waals surface area contributed by atoms with Gasteiger partial charge in [-0.25, -0.2) is 4.39 Å². The predicted octanol–water partition coefficient (Wildman–Crippen LogP) is 3.60. The Kier molecular flexibility index (Phi) is 6.57. The van der Waals surface area contributed by atoms with E-state index in [2.05, 4.69) is 12.2 Å². The van der Waals surface area contributed by atoms with Crippen LogP contribution in [0.2, 0.25) is 0 Å². The van der Waals surface area contributed by atoms with E-state index in [1.54, 1.807) is 18.2 Å². The maximum atomic E-state index is 13.6. The van der Waals surface area contributed by atoms with Crippen LogP contribution >= 0.6 is 12.4 Å². The number of halogens is 2. The molecule has 134 valence electrons. The van der Waals surface area contributed by atoms with E-state index in [1.807, 2.05) is 18.2 Å². The van der Waals surface area contributed by atoms with E-state index in [-0.39, 0.29) is 24.1 Å². The first-order valence-corrected chi connectivity index (χ1v) is 8.49. The molecule has 0 bridgehead atoms. The molecule has 1 aliphatic rings. The first kappa shape index (κ1) is 19.4. The number of benzene rings is 2. The highest BCUT2D eigenvalue weighted by molar-refractivity contribution is 5.93. The van der Waals surface area contributed by atoms with Crippen molar-refractivity contribution in [2.75, 3.05) is 6.54 Å². The Morgan fingerprint density at radius 3 is 2.76 bits per heavy atom. The van der Waals surface area contributed by atoms with Crippen LogP contribution in [0.25, 0.3) is 0 Å². The number of rotatable bonds is 5. The molecule has 25 heavy (non-hydrogen) atoms. The molecule has 2 atom stereocenters. The van der Waals surface area contributed by atoms with Crippen molar-refractivity contribution in [1.29, 1.82) is 0 Å². The average molecular weight is 363 g/mol. The zero-order valence-corrected chi connectivity index (χ0v) is 15.1. The quantitative estimate of drug-likeness (QED) is 0.853. The highest BCUT2D eigenvalue weighted by Crippen LogP contribution is 2.35. The van der Waals surface area contributed by atoms with Crippen molar-refractivity contribution in [3.05, 3.63) is 70.5 Å². The van der Waals surface area contributed by atoms with Crippen molar-refractivity contribution in [2.45, 2.75) is 38.1 Å². The molecule has 0 radical (unpaired) electrons. The van der Waals surface area contributed by atoms with Crippen molar-refractivity contribution in [3.8, 4) is 0 Å². The molecule has 0 aromatic heterocycles. The number of carbonyl (C=O) groups is 1. The molecule has 1 amide bonds. The lowest BCUT2D eigenvalue weighted by atomic mass is 9.75. The van der Waals surface area contributed by atoms with Crippen LogP contribution in [-0.2, 0) is 12.8 Å². The number of aryl methyl sites for hydroxylation is 1. The molecule has 5 heteroatoms. The number of hydrogen-bond donors (Lipinski definition) is 2. The molecular formula is C20H24ClFN2O. The van der Waals surface area contributed by atoms with E-state index in [9.17, 15) is 9.18 Å². The Bertz CT molecular complexity index is 750. The standard InChI is InChI=1S/C20H23FN2O.ClH/c1-2-23-19-9-8-14-6-7-15(20(22)24)12-17(14)18(19)11-13-4-3-5-16(21)10-13;/h3-7,10,12,18-19,23H,2,8-9,11H2,1H3,(H2,22,24);1H. The van der Waals surface area contributed by atoms with Crippen LogP contribution in [0, 0.1) is 5.82 Å². The molecular weight excluding hydrogens is 339 g/mol. The second-order valence-corrected chi connectivity index (χ2v) is 6.42. The molecule has 1 aliphatic carbocycles. The summed E-state index contributed by atoms with van der Waals surface area (Å²) in [6, 6.07) is 12.8. The Morgan fingerprint density at radius 2 is 2.08 bits per heavy atom. The van der Waals surface area contributed by atoms with E-state index < -0.39 is 5.91 Å². The van der Waals surface area contributed by atoms with Gasteiger partial charge in [0.15, 0.2) is 0 Å². The van der Waals surface area contributed by atoms with E-state index in [4.69, 9.17) is 5.73 Å². The summed E-state index contributed by atoms with van der Waals surface area (Å²) in [5.41, 5.74) is 9.38. The predicted molar refractivity (Wildman–Crippen MR) is 101 cm³/mol. The van der Waals surface area contributed by atoms with Crippen LogP contribution in [-0.4, -0.2) is 18.5 Å². The number of likely N-dealkylation sites (N-methyl/N-ethyl adjacent to an activating group) is 1. The van der Waals surface area contributed by atoms with Gasteiger partial charge in [0.25, 0.3) is 0 Å². The van der Waals surface area contributed by atoms with Gasteiger partial charge >= 0.3 is 0 Å². The summed E-state index contributed by atoms with van der Waals surface area (Å²) in [4.78, 5) is 11.6. The van der Waals surface area contributed by atoms with Gasteiger partial charge in [0.05, 0.1) is 0 Å². The highest BCUT2D eigenvalue weighted by atomic mass is 35.5. The lowest BCUT2D eigenvalue weighted by Gasteiger charge is -2.34. The Balaban J connectivity index is 0.00000225. The minimum atomic E-state index is -0.409. The average Bonchev–Trinajstić information content (AvgIpc) is 2.56. The van der Waals surface area contributed by atoms with Crippen molar-refractivity contribution in [2.24, 2.45) is 5.73 Å². The molecule has 2 aromatic carbocycles. The summed E-state index contributed by atoms with van der Waals surface area (Å²) in [6.07, 6.45) is 2.76. The molecule has 0 spiro atoms. The summed E-state index contributed by atoms with van der Waals surface area (Å²) in [5, 5.41) is 3.55.